The van der Waals surface area contributed by atoms with E-state index in [2.05, 4.69) is 53.4 Å². The third kappa shape index (κ3) is 2.46. The van der Waals surface area contributed by atoms with E-state index < -0.39 is 0 Å². The van der Waals surface area contributed by atoms with Crippen molar-refractivity contribution in [2.24, 2.45) is 0 Å². The number of rotatable bonds is 5. The van der Waals surface area contributed by atoms with Crippen LogP contribution in [0.1, 0.15) is 43.6 Å². The molecule has 4 nitrogen and oxygen atoms in total. The van der Waals surface area contributed by atoms with Gasteiger partial charge in [-0.1, -0.05) is 13.8 Å². The van der Waals surface area contributed by atoms with Gasteiger partial charge in [0.25, 0.3) is 0 Å². The molecule has 0 unspecified atom stereocenters. The molecule has 0 saturated heterocycles. The zero-order valence-electron chi connectivity index (χ0n) is 14.4. The van der Waals surface area contributed by atoms with Gasteiger partial charge in [0, 0.05) is 36.5 Å². The Morgan fingerprint density at radius 3 is 2.62 bits per heavy atom. The maximum Gasteiger partial charge on any atom is 0.107 e. The van der Waals surface area contributed by atoms with Crippen LogP contribution in [0, 0.1) is 0 Å². The first-order valence-electron chi connectivity index (χ1n) is 8.90. The van der Waals surface area contributed by atoms with Crippen LogP contribution in [0.2, 0.25) is 0 Å². The van der Waals surface area contributed by atoms with Gasteiger partial charge in [0.1, 0.15) is 5.82 Å². The number of H-pyrrole nitrogens is 1. The molecule has 24 heavy (non-hydrogen) atoms. The van der Waals surface area contributed by atoms with Crippen molar-refractivity contribution in [3.63, 3.8) is 0 Å². The summed E-state index contributed by atoms with van der Waals surface area (Å²) in [7, 11) is 0. The van der Waals surface area contributed by atoms with E-state index in [9.17, 15) is 0 Å². The fraction of sp³-hybridized carbons (Fsp3) is 0.400. The predicted molar refractivity (Wildman–Crippen MR) is 98.5 cm³/mol. The second kappa shape index (κ2) is 5.93. The predicted octanol–water partition coefficient (Wildman–Crippen LogP) is 4.23. The number of pyridine rings is 1. The molecule has 0 spiro atoms. The second-order valence-corrected chi connectivity index (χ2v) is 6.79. The van der Waals surface area contributed by atoms with Crippen molar-refractivity contribution in [2.75, 3.05) is 11.9 Å². The molecule has 1 aliphatic heterocycles. The van der Waals surface area contributed by atoms with Crippen molar-refractivity contribution >= 4 is 16.7 Å². The smallest absolute Gasteiger partial charge is 0.107 e. The van der Waals surface area contributed by atoms with E-state index >= 15 is 0 Å². The molecule has 4 heteroatoms. The van der Waals surface area contributed by atoms with Gasteiger partial charge in [0.15, 0.2) is 0 Å². The molecular weight excluding hydrogens is 296 g/mol. The van der Waals surface area contributed by atoms with Crippen molar-refractivity contribution in [1.82, 2.24) is 15.0 Å². The minimum Gasteiger partial charge on any atom is -0.384 e. The molecule has 0 bridgehead atoms. The average molecular weight is 320 g/mol. The fourth-order valence-electron chi connectivity index (χ4n) is 3.87. The molecule has 0 radical (unpaired) electrons. The molecule has 1 aromatic carbocycles. The lowest BCUT2D eigenvalue weighted by Crippen LogP contribution is -2.26. The van der Waals surface area contributed by atoms with Crippen LogP contribution in [-0.2, 0) is 18.3 Å². The number of imidazole rings is 1. The van der Waals surface area contributed by atoms with Crippen molar-refractivity contribution in [1.29, 1.82) is 0 Å². The molecule has 2 aromatic heterocycles. The lowest BCUT2D eigenvalue weighted by molar-refractivity contribution is 0.438. The molecule has 0 amide bonds. The van der Waals surface area contributed by atoms with E-state index in [1.807, 2.05) is 12.4 Å². The molecule has 3 heterocycles. The number of aromatic amines is 1. The van der Waals surface area contributed by atoms with Crippen LogP contribution in [0.15, 0.2) is 36.7 Å². The molecule has 1 aliphatic rings. The summed E-state index contributed by atoms with van der Waals surface area (Å²) < 4.78 is 0. The van der Waals surface area contributed by atoms with Gasteiger partial charge in [-0.25, -0.2) is 4.98 Å². The van der Waals surface area contributed by atoms with Crippen LogP contribution < -0.4 is 5.32 Å². The number of anilines is 1. The van der Waals surface area contributed by atoms with Crippen LogP contribution >= 0.6 is 0 Å². The Balaban J connectivity index is 1.63. The highest BCUT2D eigenvalue weighted by molar-refractivity contribution is 5.83. The number of nitrogens with zero attached hydrogens (tertiary/aromatic N) is 2. The number of aromatic nitrogens is 3. The highest BCUT2D eigenvalue weighted by Crippen LogP contribution is 2.43. The van der Waals surface area contributed by atoms with Crippen LogP contribution in [0.5, 0.6) is 0 Å². The number of hydrogen-bond acceptors (Lipinski definition) is 3. The van der Waals surface area contributed by atoms with Gasteiger partial charge in [-0.15, -0.1) is 0 Å². The largest absolute Gasteiger partial charge is 0.384 e. The molecule has 4 rings (SSSR count). The minimum atomic E-state index is 0.270. The van der Waals surface area contributed by atoms with E-state index in [1.54, 1.807) is 0 Å². The summed E-state index contributed by atoms with van der Waals surface area (Å²) in [5.74, 6) is 1.06. The summed E-state index contributed by atoms with van der Waals surface area (Å²) in [6.07, 6.45) is 7.92. The van der Waals surface area contributed by atoms with Gasteiger partial charge in [-0.2, -0.15) is 0 Å². The number of benzene rings is 1. The van der Waals surface area contributed by atoms with E-state index in [0.29, 0.717) is 0 Å². The minimum absolute atomic E-state index is 0.270. The van der Waals surface area contributed by atoms with Crippen LogP contribution in [0.3, 0.4) is 0 Å². The summed E-state index contributed by atoms with van der Waals surface area (Å²) in [4.78, 5) is 12.4. The Bertz CT molecular complexity index is 847. The van der Waals surface area contributed by atoms with Crippen molar-refractivity contribution in [2.45, 2.75) is 44.9 Å². The Morgan fingerprint density at radius 1 is 1.08 bits per heavy atom. The molecule has 0 aliphatic carbocycles. The van der Waals surface area contributed by atoms with Crippen molar-refractivity contribution in [3.8, 4) is 0 Å². The Labute approximate surface area is 142 Å². The van der Waals surface area contributed by atoms with Crippen molar-refractivity contribution in [3.05, 3.63) is 53.6 Å². The lowest BCUT2D eigenvalue weighted by atomic mass is 9.77. The number of hydrogen-bond donors (Lipinski definition) is 2. The normalized spacial score (nSPS) is 15.4. The maximum absolute atomic E-state index is 4.79. The Hall–Kier alpha value is -2.36. The number of aryl methyl sites for hydroxylation is 2. The summed E-state index contributed by atoms with van der Waals surface area (Å²) in [5.41, 5.74) is 6.50. The molecule has 124 valence electrons. The van der Waals surface area contributed by atoms with Gasteiger partial charge in [0.2, 0.25) is 0 Å². The third-order valence-electron chi connectivity index (χ3n) is 5.61. The summed E-state index contributed by atoms with van der Waals surface area (Å²) in [6.45, 7) is 5.62. The summed E-state index contributed by atoms with van der Waals surface area (Å²) >= 11 is 0. The molecule has 0 atom stereocenters. The summed E-state index contributed by atoms with van der Waals surface area (Å²) in [5, 5.41) is 3.59. The van der Waals surface area contributed by atoms with Crippen LogP contribution in [-0.4, -0.2) is 21.5 Å². The highest BCUT2D eigenvalue weighted by atomic mass is 15.0. The first-order valence-corrected chi connectivity index (χ1v) is 8.90. The second-order valence-electron chi connectivity index (χ2n) is 6.79. The number of nitrogens with one attached hydrogen (secondary N) is 2. The van der Waals surface area contributed by atoms with Crippen LogP contribution in [0.25, 0.3) is 11.0 Å². The third-order valence-corrected chi connectivity index (χ3v) is 5.61. The molecule has 0 saturated carbocycles. The Morgan fingerprint density at radius 2 is 1.88 bits per heavy atom. The van der Waals surface area contributed by atoms with E-state index in [-0.39, 0.29) is 5.41 Å². The van der Waals surface area contributed by atoms with Gasteiger partial charge >= 0.3 is 0 Å². The molecule has 0 fully saturated rings. The Kier molecular flexibility index (Phi) is 3.75. The summed E-state index contributed by atoms with van der Waals surface area (Å²) in [6, 6.07) is 8.67. The zero-order chi connectivity index (χ0) is 16.6. The van der Waals surface area contributed by atoms with E-state index in [0.717, 1.165) is 49.1 Å². The monoisotopic (exact) mass is 320 g/mol. The number of fused-ring (bicyclic) bond motifs is 2. The van der Waals surface area contributed by atoms with E-state index in [4.69, 9.17) is 4.98 Å². The quantitative estimate of drug-likeness (QED) is 0.740. The molecule has 3 aromatic rings. The highest BCUT2D eigenvalue weighted by Gasteiger charge is 2.36. The first kappa shape index (κ1) is 15.2. The fourth-order valence-corrected chi connectivity index (χ4v) is 3.87. The van der Waals surface area contributed by atoms with Crippen molar-refractivity contribution < 1.29 is 0 Å². The van der Waals surface area contributed by atoms with E-state index in [1.165, 1.54) is 16.8 Å². The average Bonchev–Trinajstić information content (AvgIpc) is 3.19. The van der Waals surface area contributed by atoms with Gasteiger partial charge in [0.05, 0.1) is 11.0 Å². The first-order chi connectivity index (χ1) is 11.7. The van der Waals surface area contributed by atoms with Gasteiger partial charge < -0.3 is 10.3 Å². The lowest BCUT2D eigenvalue weighted by Gasteiger charge is -2.26. The zero-order valence-corrected chi connectivity index (χ0v) is 14.4. The molecule has 2 N–H and O–H groups in total. The van der Waals surface area contributed by atoms with Crippen LogP contribution in [0.4, 0.5) is 5.69 Å². The van der Waals surface area contributed by atoms with Gasteiger partial charge in [-0.05, 0) is 54.7 Å². The van der Waals surface area contributed by atoms with Gasteiger partial charge in [-0.3, -0.25) is 4.98 Å². The maximum atomic E-state index is 4.79. The standard InChI is InChI=1S/C20H24N4/c1-3-20(4-2)13-22-16-12-18-17(11-15(16)20)23-19(24-18)6-5-14-7-9-21-10-8-14/h7-12,22H,3-6,13H2,1-2H3,(H,23,24). The molecular formula is C20H24N4. The SMILES string of the molecule is CCC1(CC)CNc2cc3nc(CCc4ccncc4)[nH]c3cc21. The topological polar surface area (TPSA) is 53.6 Å².